The second-order valence-electron chi connectivity index (χ2n) is 6.55. The lowest BCUT2D eigenvalue weighted by molar-refractivity contribution is -0.122. The molecular formula is C20H24N2O3S. The molecule has 0 saturated heterocycles. The molecule has 0 spiro atoms. The molecule has 2 amide bonds. The Bertz CT molecular complexity index is 828. The average molecular weight is 372 g/mol. The fourth-order valence-electron chi connectivity index (χ4n) is 3.27. The van der Waals surface area contributed by atoms with Crippen LogP contribution in [0.3, 0.4) is 0 Å². The van der Waals surface area contributed by atoms with Gasteiger partial charge in [0.05, 0.1) is 5.56 Å². The minimum Gasteiger partial charge on any atom is -0.480 e. The average Bonchev–Trinajstić information content (AvgIpc) is 2.98. The Morgan fingerprint density at radius 3 is 2.69 bits per heavy atom. The third-order valence-electron chi connectivity index (χ3n) is 4.68. The molecule has 0 fully saturated rings. The van der Waals surface area contributed by atoms with E-state index in [1.807, 2.05) is 38.1 Å². The van der Waals surface area contributed by atoms with Gasteiger partial charge in [0.25, 0.3) is 11.8 Å². The molecule has 5 nitrogen and oxygen atoms in total. The van der Waals surface area contributed by atoms with Crippen molar-refractivity contribution < 1.29 is 14.3 Å². The number of primary amides is 1. The number of anilines is 1. The predicted octanol–water partition coefficient (Wildman–Crippen LogP) is 3.83. The highest BCUT2D eigenvalue weighted by Gasteiger charge is 2.27. The Balaban J connectivity index is 1.81. The molecule has 0 aliphatic heterocycles. The van der Waals surface area contributed by atoms with E-state index in [1.54, 1.807) is 0 Å². The summed E-state index contributed by atoms with van der Waals surface area (Å²) in [5.74, 6) is -0.0421. The van der Waals surface area contributed by atoms with Gasteiger partial charge in [-0.3, -0.25) is 9.59 Å². The lowest BCUT2D eigenvalue weighted by Crippen LogP contribution is -2.33. The molecule has 0 saturated carbocycles. The maximum Gasteiger partial charge on any atom is 0.266 e. The Labute approximate surface area is 157 Å². The maximum atomic E-state index is 12.8. The number of ether oxygens (including phenoxy) is 1. The highest BCUT2D eigenvalue weighted by Crippen LogP contribution is 2.38. The third-order valence-corrected chi connectivity index (χ3v) is 5.89. The van der Waals surface area contributed by atoms with E-state index in [4.69, 9.17) is 10.5 Å². The monoisotopic (exact) mass is 372 g/mol. The number of aryl methyl sites for hydroxylation is 2. The topological polar surface area (TPSA) is 81.4 Å². The predicted molar refractivity (Wildman–Crippen MR) is 104 cm³/mol. The van der Waals surface area contributed by atoms with Crippen molar-refractivity contribution in [3.8, 4) is 5.75 Å². The van der Waals surface area contributed by atoms with Crippen LogP contribution < -0.4 is 15.8 Å². The number of para-hydroxylation sites is 1. The van der Waals surface area contributed by atoms with Gasteiger partial charge in [0.15, 0.2) is 6.10 Å². The van der Waals surface area contributed by atoms with E-state index in [0.717, 1.165) is 41.7 Å². The van der Waals surface area contributed by atoms with Crippen LogP contribution in [0.2, 0.25) is 0 Å². The Hall–Kier alpha value is -2.34. The molecule has 1 unspecified atom stereocenters. The van der Waals surface area contributed by atoms with Crippen LogP contribution in [0.4, 0.5) is 5.00 Å². The molecule has 3 N–H and O–H groups in total. The summed E-state index contributed by atoms with van der Waals surface area (Å²) < 4.78 is 5.91. The highest BCUT2D eigenvalue weighted by atomic mass is 32.1. The number of hydrogen-bond acceptors (Lipinski definition) is 4. The largest absolute Gasteiger partial charge is 0.480 e. The number of nitrogens with one attached hydrogen (secondary N) is 1. The van der Waals surface area contributed by atoms with Crippen LogP contribution in [-0.2, 0) is 17.6 Å². The lowest BCUT2D eigenvalue weighted by atomic mass is 9.95. The first-order valence-electron chi connectivity index (χ1n) is 8.98. The highest BCUT2D eigenvalue weighted by molar-refractivity contribution is 7.17. The zero-order chi connectivity index (χ0) is 18.7. The van der Waals surface area contributed by atoms with Crippen molar-refractivity contribution in [1.29, 1.82) is 0 Å². The summed E-state index contributed by atoms with van der Waals surface area (Å²) in [6.07, 6.45) is 3.83. The van der Waals surface area contributed by atoms with Gasteiger partial charge in [0.2, 0.25) is 0 Å². The van der Waals surface area contributed by atoms with Crippen molar-refractivity contribution in [1.82, 2.24) is 0 Å². The van der Waals surface area contributed by atoms with Crippen LogP contribution in [0.1, 0.15) is 52.5 Å². The molecule has 1 aliphatic rings. The van der Waals surface area contributed by atoms with E-state index < -0.39 is 12.0 Å². The van der Waals surface area contributed by atoms with Crippen LogP contribution in [-0.4, -0.2) is 17.9 Å². The molecule has 2 aromatic rings. The lowest BCUT2D eigenvalue weighted by Gasteiger charge is -2.18. The first-order chi connectivity index (χ1) is 12.5. The third kappa shape index (κ3) is 3.75. The van der Waals surface area contributed by atoms with E-state index in [9.17, 15) is 9.59 Å². The molecule has 1 aromatic carbocycles. The summed E-state index contributed by atoms with van der Waals surface area (Å²) in [6, 6.07) is 7.60. The van der Waals surface area contributed by atoms with Gasteiger partial charge in [-0.1, -0.05) is 25.1 Å². The van der Waals surface area contributed by atoms with Gasteiger partial charge in [-0.2, -0.15) is 0 Å². The summed E-state index contributed by atoms with van der Waals surface area (Å²) >= 11 is 1.47. The van der Waals surface area contributed by atoms with E-state index in [2.05, 4.69) is 5.32 Å². The zero-order valence-corrected chi connectivity index (χ0v) is 15.9. The summed E-state index contributed by atoms with van der Waals surface area (Å²) in [4.78, 5) is 25.9. The van der Waals surface area contributed by atoms with Gasteiger partial charge in [-0.05, 0) is 56.2 Å². The van der Waals surface area contributed by atoms with Crippen molar-refractivity contribution in [3.63, 3.8) is 0 Å². The number of thiophene rings is 1. The van der Waals surface area contributed by atoms with Crippen LogP contribution >= 0.6 is 11.3 Å². The smallest absolute Gasteiger partial charge is 0.266 e. The van der Waals surface area contributed by atoms with Crippen LogP contribution in [0.5, 0.6) is 5.75 Å². The summed E-state index contributed by atoms with van der Waals surface area (Å²) in [6.45, 7) is 3.84. The van der Waals surface area contributed by atoms with Crippen molar-refractivity contribution in [2.24, 2.45) is 5.73 Å². The quantitative estimate of drug-likeness (QED) is 0.808. The van der Waals surface area contributed by atoms with Gasteiger partial charge in [-0.15, -0.1) is 11.3 Å². The number of carbonyl (C=O) groups excluding carboxylic acids is 2. The molecule has 1 aromatic heterocycles. The van der Waals surface area contributed by atoms with E-state index >= 15 is 0 Å². The molecule has 1 atom stereocenters. The second-order valence-corrected chi connectivity index (χ2v) is 7.65. The van der Waals surface area contributed by atoms with Crippen LogP contribution in [0.15, 0.2) is 24.3 Å². The molecule has 6 heteroatoms. The standard InChI is InChI=1S/C20H24N2O3S/c1-3-14(25-15-10-6-4-8-12(15)2)19(24)22-20-17(18(21)23)13-9-5-7-11-16(13)26-20/h4,6,8,10,14H,3,5,7,9,11H2,1-2H3,(H2,21,23)(H,22,24). The SMILES string of the molecule is CCC(Oc1ccccc1C)C(=O)Nc1sc2c(c1C(N)=O)CCCC2. The van der Waals surface area contributed by atoms with Gasteiger partial charge in [-0.25, -0.2) is 0 Å². The Morgan fingerprint density at radius 1 is 1.27 bits per heavy atom. The Morgan fingerprint density at radius 2 is 2.00 bits per heavy atom. The maximum absolute atomic E-state index is 12.8. The number of benzene rings is 1. The minimum atomic E-state index is -0.629. The van der Waals surface area contributed by atoms with Gasteiger partial charge in [0.1, 0.15) is 10.8 Å². The van der Waals surface area contributed by atoms with E-state index in [0.29, 0.717) is 22.7 Å². The van der Waals surface area contributed by atoms with Gasteiger partial charge in [0, 0.05) is 4.88 Å². The van der Waals surface area contributed by atoms with Crippen molar-refractivity contribution in [3.05, 3.63) is 45.8 Å². The molecule has 0 radical (unpaired) electrons. The fourth-order valence-corrected chi connectivity index (χ4v) is 4.57. The van der Waals surface area contributed by atoms with E-state index in [-0.39, 0.29) is 5.91 Å². The number of rotatable bonds is 6. The Kier molecular flexibility index (Phi) is 5.61. The van der Waals surface area contributed by atoms with Gasteiger partial charge < -0.3 is 15.8 Å². The molecule has 26 heavy (non-hydrogen) atoms. The van der Waals surface area contributed by atoms with Crippen molar-refractivity contribution >= 4 is 28.2 Å². The number of carbonyl (C=O) groups is 2. The molecule has 1 aliphatic carbocycles. The van der Waals surface area contributed by atoms with Crippen molar-refractivity contribution in [2.45, 2.75) is 52.1 Å². The first-order valence-corrected chi connectivity index (χ1v) is 9.80. The summed E-state index contributed by atoms with van der Waals surface area (Å²) in [5, 5.41) is 3.45. The zero-order valence-electron chi connectivity index (χ0n) is 15.1. The minimum absolute atomic E-state index is 0.253. The number of fused-ring (bicyclic) bond motifs is 1. The molecule has 1 heterocycles. The molecule has 3 rings (SSSR count). The first kappa shape index (κ1) is 18.5. The van der Waals surface area contributed by atoms with E-state index in [1.165, 1.54) is 11.3 Å². The normalized spacial score (nSPS) is 14.4. The number of hydrogen-bond donors (Lipinski definition) is 2. The molecule has 138 valence electrons. The second kappa shape index (κ2) is 7.91. The molecular weight excluding hydrogens is 348 g/mol. The number of amides is 2. The van der Waals surface area contributed by atoms with Crippen LogP contribution in [0, 0.1) is 6.92 Å². The summed E-state index contributed by atoms with van der Waals surface area (Å²) in [7, 11) is 0. The summed E-state index contributed by atoms with van der Waals surface area (Å²) in [5.41, 5.74) is 8.06. The van der Waals surface area contributed by atoms with Gasteiger partial charge >= 0.3 is 0 Å². The molecule has 0 bridgehead atoms. The van der Waals surface area contributed by atoms with Crippen LogP contribution in [0.25, 0.3) is 0 Å². The fraction of sp³-hybridized carbons (Fsp3) is 0.400. The number of nitrogens with two attached hydrogens (primary N) is 1. The van der Waals surface area contributed by atoms with Crippen molar-refractivity contribution in [2.75, 3.05) is 5.32 Å².